The van der Waals surface area contributed by atoms with Gasteiger partial charge in [0.15, 0.2) is 0 Å². The number of ether oxygens (including phenoxy) is 1. The van der Waals surface area contributed by atoms with Crippen LogP contribution >= 0.6 is 0 Å². The molecule has 0 aromatic heterocycles. The second-order valence-corrected chi connectivity index (χ2v) is 2.60. The SMILES string of the molecule is COc1ccccc1[C@H](O)C(=N)N. The summed E-state index contributed by atoms with van der Waals surface area (Å²) in [6.45, 7) is 0. The highest BCUT2D eigenvalue weighted by atomic mass is 16.5. The van der Waals surface area contributed by atoms with Gasteiger partial charge in [0.1, 0.15) is 17.7 Å². The van der Waals surface area contributed by atoms with E-state index in [9.17, 15) is 5.11 Å². The van der Waals surface area contributed by atoms with E-state index >= 15 is 0 Å². The maximum Gasteiger partial charge on any atom is 0.139 e. The van der Waals surface area contributed by atoms with Crippen LogP contribution in [0.2, 0.25) is 0 Å². The Morgan fingerprint density at radius 2 is 2.15 bits per heavy atom. The van der Waals surface area contributed by atoms with Crippen molar-refractivity contribution in [3.63, 3.8) is 0 Å². The molecule has 4 heteroatoms. The lowest BCUT2D eigenvalue weighted by molar-refractivity contribution is 0.238. The average molecular weight is 180 g/mol. The fraction of sp³-hybridized carbons (Fsp3) is 0.222. The molecule has 0 radical (unpaired) electrons. The summed E-state index contributed by atoms with van der Waals surface area (Å²) in [4.78, 5) is 0. The van der Waals surface area contributed by atoms with Gasteiger partial charge in [-0.2, -0.15) is 0 Å². The normalized spacial score (nSPS) is 12.2. The zero-order valence-corrected chi connectivity index (χ0v) is 7.32. The van der Waals surface area contributed by atoms with Gasteiger partial charge in [0.2, 0.25) is 0 Å². The van der Waals surface area contributed by atoms with E-state index in [-0.39, 0.29) is 5.84 Å². The highest BCUT2D eigenvalue weighted by Gasteiger charge is 2.14. The molecule has 0 aliphatic carbocycles. The molecule has 0 unspecified atom stereocenters. The molecule has 0 aliphatic rings. The number of aliphatic hydroxyl groups is 1. The number of hydrogen-bond acceptors (Lipinski definition) is 3. The summed E-state index contributed by atoms with van der Waals surface area (Å²) in [5.74, 6) is 0.245. The number of rotatable bonds is 3. The summed E-state index contributed by atoms with van der Waals surface area (Å²) in [5.41, 5.74) is 5.68. The van der Waals surface area contributed by atoms with Gasteiger partial charge in [0, 0.05) is 5.56 Å². The number of methoxy groups -OCH3 is 1. The van der Waals surface area contributed by atoms with Crippen molar-refractivity contribution in [2.45, 2.75) is 6.10 Å². The summed E-state index contributed by atoms with van der Waals surface area (Å²) in [5, 5.41) is 16.6. The van der Waals surface area contributed by atoms with E-state index in [1.165, 1.54) is 7.11 Å². The Labute approximate surface area is 76.5 Å². The Hall–Kier alpha value is -1.55. The summed E-state index contributed by atoms with van der Waals surface area (Å²) in [6, 6.07) is 6.92. The summed E-state index contributed by atoms with van der Waals surface area (Å²) < 4.78 is 5.00. The predicted octanol–water partition coefficient (Wildman–Crippen LogP) is 0.665. The summed E-state index contributed by atoms with van der Waals surface area (Å²) >= 11 is 0. The predicted molar refractivity (Wildman–Crippen MR) is 49.9 cm³/mol. The molecule has 4 N–H and O–H groups in total. The van der Waals surface area contributed by atoms with Crippen LogP contribution in [0, 0.1) is 5.41 Å². The quantitative estimate of drug-likeness (QED) is 0.472. The van der Waals surface area contributed by atoms with Gasteiger partial charge in [0.25, 0.3) is 0 Å². The molecular formula is C9H12N2O2. The highest BCUT2D eigenvalue weighted by Crippen LogP contribution is 2.23. The highest BCUT2D eigenvalue weighted by molar-refractivity contribution is 5.83. The van der Waals surface area contributed by atoms with Crippen molar-refractivity contribution >= 4 is 5.84 Å². The number of benzene rings is 1. The zero-order chi connectivity index (χ0) is 9.84. The van der Waals surface area contributed by atoms with E-state index in [1.807, 2.05) is 0 Å². The molecule has 0 bridgehead atoms. The Morgan fingerprint density at radius 3 is 2.69 bits per heavy atom. The Morgan fingerprint density at radius 1 is 1.54 bits per heavy atom. The molecule has 1 rings (SSSR count). The largest absolute Gasteiger partial charge is 0.496 e. The molecule has 0 saturated heterocycles. The molecule has 1 atom stereocenters. The minimum atomic E-state index is -1.09. The van der Waals surface area contributed by atoms with Crippen LogP contribution in [0.4, 0.5) is 0 Å². The minimum absolute atomic E-state index is 0.287. The third kappa shape index (κ3) is 1.97. The molecule has 4 nitrogen and oxygen atoms in total. The standard InChI is InChI=1S/C9H12N2O2/c1-13-7-5-3-2-4-6(7)8(12)9(10)11/h2-5,8,12H,1H3,(H3,10,11)/t8-/m0/s1. The molecule has 0 aliphatic heterocycles. The molecule has 0 fully saturated rings. The second kappa shape index (κ2) is 3.91. The van der Waals surface area contributed by atoms with Crippen LogP contribution in [0.3, 0.4) is 0 Å². The van der Waals surface area contributed by atoms with Crippen molar-refractivity contribution in [3.05, 3.63) is 29.8 Å². The second-order valence-electron chi connectivity index (χ2n) is 2.60. The summed E-state index contributed by atoms with van der Waals surface area (Å²) in [6.07, 6.45) is -1.09. The molecule has 70 valence electrons. The van der Waals surface area contributed by atoms with Crippen LogP contribution in [0.5, 0.6) is 5.75 Å². The van der Waals surface area contributed by atoms with E-state index in [1.54, 1.807) is 24.3 Å². The third-order valence-electron chi connectivity index (χ3n) is 1.73. The Balaban J connectivity index is 3.05. The van der Waals surface area contributed by atoms with Gasteiger partial charge < -0.3 is 15.6 Å². The monoisotopic (exact) mass is 180 g/mol. The third-order valence-corrected chi connectivity index (χ3v) is 1.73. The molecule has 13 heavy (non-hydrogen) atoms. The maximum atomic E-state index is 9.48. The smallest absolute Gasteiger partial charge is 0.139 e. The topological polar surface area (TPSA) is 79.3 Å². The first-order chi connectivity index (χ1) is 6.16. The van der Waals surface area contributed by atoms with Crippen molar-refractivity contribution < 1.29 is 9.84 Å². The number of hydrogen-bond donors (Lipinski definition) is 3. The van der Waals surface area contributed by atoms with Gasteiger partial charge in [-0.15, -0.1) is 0 Å². The fourth-order valence-corrected chi connectivity index (χ4v) is 1.06. The Kier molecular flexibility index (Phi) is 2.87. The first-order valence-corrected chi connectivity index (χ1v) is 3.81. The maximum absolute atomic E-state index is 9.48. The number of nitrogens with two attached hydrogens (primary N) is 1. The molecule has 1 aromatic carbocycles. The number of amidine groups is 1. The fourth-order valence-electron chi connectivity index (χ4n) is 1.06. The van der Waals surface area contributed by atoms with Crippen LogP contribution in [-0.4, -0.2) is 18.1 Å². The lowest BCUT2D eigenvalue weighted by Gasteiger charge is -2.12. The van der Waals surface area contributed by atoms with Crippen molar-refractivity contribution in [1.82, 2.24) is 0 Å². The molecule has 0 heterocycles. The van der Waals surface area contributed by atoms with Gasteiger partial charge >= 0.3 is 0 Å². The van der Waals surface area contributed by atoms with Crippen LogP contribution in [0.1, 0.15) is 11.7 Å². The number of aliphatic hydroxyl groups excluding tert-OH is 1. The lowest BCUT2D eigenvalue weighted by atomic mass is 10.1. The van der Waals surface area contributed by atoms with Crippen LogP contribution in [-0.2, 0) is 0 Å². The summed E-state index contributed by atoms with van der Waals surface area (Å²) in [7, 11) is 1.51. The minimum Gasteiger partial charge on any atom is -0.496 e. The van der Waals surface area contributed by atoms with Gasteiger partial charge in [-0.3, -0.25) is 5.41 Å². The molecule has 0 spiro atoms. The van der Waals surface area contributed by atoms with E-state index in [4.69, 9.17) is 15.9 Å². The average Bonchev–Trinajstić information content (AvgIpc) is 2.16. The first kappa shape index (κ1) is 9.54. The Bertz CT molecular complexity index is 312. The molecule has 0 saturated carbocycles. The lowest BCUT2D eigenvalue weighted by Crippen LogP contribution is -2.20. The van der Waals surface area contributed by atoms with Crippen LogP contribution < -0.4 is 10.5 Å². The molecular weight excluding hydrogens is 168 g/mol. The van der Waals surface area contributed by atoms with Gasteiger partial charge in [-0.25, -0.2) is 0 Å². The van der Waals surface area contributed by atoms with Crippen molar-refractivity contribution in [2.75, 3.05) is 7.11 Å². The van der Waals surface area contributed by atoms with Gasteiger partial charge in [0.05, 0.1) is 7.11 Å². The number of nitrogens with one attached hydrogen (secondary N) is 1. The number of para-hydroxylation sites is 1. The van der Waals surface area contributed by atoms with E-state index < -0.39 is 6.10 Å². The van der Waals surface area contributed by atoms with Gasteiger partial charge in [-0.1, -0.05) is 18.2 Å². The van der Waals surface area contributed by atoms with Crippen molar-refractivity contribution in [3.8, 4) is 5.75 Å². The van der Waals surface area contributed by atoms with E-state index in [2.05, 4.69) is 0 Å². The zero-order valence-electron chi connectivity index (χ0n) is 7.32. The molecule has 0 amide bonds. The van der Waals surface area contributed by atoms with Crippen LogP contribution in [0.25, 0.3) is 0 Å². The molecule has 1 aromatic rings. The van der Waals surface area contributed by atoms with E-state index in [0.717, 1.165) is 0 Å². The van der Waals surface area contributed by atoms with Gasteiger partial charge in [-0.05, 0) is 6.07 Å². The van der Waals surface area contributed by atoms with E-state index in [0.29, 0.717) is 11.3 Å². The van der Waals surface area contributed by atoms with Crippen molar-refractivity contribution in [2.24, 2.45) is 5.73 Å². The van der Waals surface area contributed by atoms with Crippen molar-refractivity contribution in [1.29, 1.82) is 5.41 Å². The first-order valence-electron chi connectivity index (χ1n) is 3.81. The van der Waals surface area contributed by atoms with Crippen LogP contribution in [0.15, 0.2) is 24.3 Å².